The minimum absolute atomic E-state index is 0.138. The van der Waals surface area contributed by atoms with E-state index in [0.717, 1.165) is 9.87 Å². The fraction of sp³-hybridized carbons (Fsp3) is 0.500. The van der Waals surface area contributed by atoms with Crippen molar-refractivity contribution in [3.8, 4) is 0 Å². The Hall–Kier alpha value is -1.44. The smallest absolute Gasteiger partial charge is 0.321 e. The summed E-state index contributed by atoms with van der Waals surface area (Å²) in [4.78, 5) is 11.5. The van der Waals surface area contributed by atoms with Gasteiger partial charge in [-0.25, -0.2) is 8.42 Å². The lowest BCUT2D eigenvalue weighted by Crippen LogP contribution is -2.33. The van der Waals surface area contributed by atoms with Gasteiger partial charge in [-0.3, -0.25) is 4.79 Å². The average Bonchev–Trinajstić information content (AvgIpc) is 2.46. The summed E-state index contributed by atoms with van der Waals surface area (Å²) in [5.74, 6) is -0.566. The van der Waals surface area contributed by atoms with E-state index in [2.05, 4.69) is 5.32 Å². The lowest BCUT2D eigenvalue weighted by Gasteiger charge is -2.17. The zero-order chi connectivity index (χ0) is 16.0. The molecule has 0 fully saturated rings. The van der Waals surface area contributed by atoms with Gasteiger partial charge in [0.1, 0.15) is 6.54 Å². The first-order chi connectivity index (χ1) is 9.82. The van der Waals surface area contributed by atoms with Gasteiger partial charge in [-0.05, 0) is 38.6 Å². The van der Waals surface area contributed by atoms with Crippen molar-refractivity contribution < 1.29 is 17.9 Å². The quantitative estimate of drug-likeness (QED) is 0.764. The van der Waals surface area contributed by atoms with Crippen LogP contribution in [0, 0.1) is 0 Å². The molecule has 0 aliphatic carbocycles. The number of esters is 1. The Morgan fingerprint density at radius 3 is 2.38 bits per heavy atom. The number of carbonyl (C=O) groups excluding carboxylic acids is 1. The van der Waals surface area contributed by atoms with E-state index in [0.29, 0.717) is 0 Å². The number of nitrogens with zero attached hydrogens (tertiary/aromatic N) is 1. The predicted molar refractivity (Wildman–Crippen MR) is 80.4 cm³/mol. The highest BCUT2D eigenvalue weighted by atomic mass is 32.2. The maximum atomic E-state index is 12.3. The highest BCUT2D eigenvalue weighted by Crippen LogP contribution is 2.18. The van der Waals surface area contributed by atoms with Crippen molar-refractivity contribution in [1.29, 1.82) is 0 Å². The minimum Gasteiger partial charge on any atom is -0.465 e. The molecule has 0 aliphatic rings. The first kappa shape index (κ1) is 17.6. The van der Waals surface area contributed by atoms with Crippen molar-refractivity contribution in [3.05, 3.63) is 29.8 Å². The van der Waals surface area contributed by atoms with Gasteiger partial charge in [-0.2, -0.15) is 4.31 Å². The summed E-state index contributed by atoms with van der Waals surface area (Å²) in [7, 11) is -0.496. The predicted octanol–water partition coefficient (Wildman–Crippen LogP) is 1.15. The van der Waals surface area contributed by atoms with E-state index in [1.54, 1.807) is 31.2 Å². The van der Waals surface area contributed by atoms with Crippen molar-refractivity contribution in [2.75, 3.05) is 27.2 Å². The van der Waals surface area contributed by atoms with Crippen LogP contribution in [0.15, 0.2) is 29.2 Å². The largest absolute Gasteiger partial charge is 0.465 e. The molecule has 21 heavy (non-hydrogen) atoms. The Bertz CT molecular complexity index is 569. The van der Waals surface area contributed by atoms with Crippen LogP contribution in [0.1, 0.15) is 25.5 Å². The van der Waals surface area contributed by atoms with Gasteiger partial charge >= 0.3 is 5.97 Å². The molecule has 1 N–H and O–H groups in total. The minimum atomic E-state index is -3.69. The van der Waals surface area contributed by atoms with Crippen LogP contribution in [0.3, 0.4) is 0 Å². The summed E-state index contributed by atoms with van der Waals surface area (Å²) in [6, 6.07) is 6.73. The molecule has 0 bridgehead atoms. The molecule has 1 atom stereocenters. The van der Waals surface area contributed by atoms with Crippen LogP contribution in [0.4, 0.5) is 0 Å². The van der Waals surface area contributed by atoms with Crippen molar-refractivity contribution in [2.24, 2.45) is 0 Å². The van der Waals surface area contributed by atoms with Gasteiger partial charge in [0.15, 0.2) is 0 Å². The lowest BCUT2D eigenvalue weighted by molar-refractivity contribution is -0.143. The molecule has 0 heterocycles. The van der Waals surface area contributed by atoms with Gasteiger partial charge in [-0.1, -0.05) is 12.1 Å². The first-order valence-corrected chi connectivity index (χ1v) is 8.16. The molecular formula is C14H22N2O4S. The van der Waals surface area contributed by atoms with E-state index in [4.69, 9.17) is 4.74 Å². The van der Waals surface area contributed by atoms with E-state index < -0.39 is 16.0 Å². The lowest BCUT2D eigenvalue weighted by atomic mass is 10.1. The van der Waals surface area contributed by atoms with Crippen molar-refractivity contribution in [2.45, 2.75) is 24.8 Å². The normalized spacial score (nSPS) is 13.2. The van der Waals surface area contributed by atoms with Gasteiger partial charge in [0, 0.05) is 13.1 Å². The first-order valence-electron chi connectivity index (χ1n) is 6.72. The van der Waals surface area contributed by atoms with Gasteiger partial charge in [0.2, 0.25) is 10.0 Å². The molecule has 6 nitrogen and oxygen atoms in total. The van der Waals surface area contributed by atoms with Crippen LogP contribution in [-0.2, 0) is 19.6 Å². The topological polar surface area (TPSA) is 75.7 Å². The van der Waals surface area contributed by atoms with Crippen LogP contribution >= 0.6 is 0 Å². The second kappa shape index (κ2) is 7.53. The number of hydrogen-bond donors (Lipinski definition) is 1. The number of benzene rings is 1. The third-order valence-corrected chi connectivity index (χ3v) is 5.00. The number of nitrogens with one attached hydrogen (secondary N) is 1. The Kier molecular flexibility index (Phi) is 6.32. The Balaban J connectivity index is 2.89. The molecule has 118 valence electrons. The SMILES string of the molecule is CCOC(=O)CN(C)S(=O)(=O)c1ccc(C(C)NC)cc1. The molecule has 0 saturated heterocycles. The van der Waals surface area contributed by atoms with Gasteiger partial charge in [0.25, 0.3) is 0 Å². The Morgan fingerprint density at radius 1 is 1.33 bits per heavy atom. The van der Waals surface area contributed by atoms with Gasteiger partial charge < -0.3 is 10.1 Å². The summed E-state index contributed by atoms with van der Waals surface area (Å²) in [5.41, 5.74) is 0.990. The molecule has 1 aromatic rings. The molecular weight excluding hydrogens is 292 g/mol. The van der Waals surface area contributed by atoms with Gasteiger partial charge in [0.05, 0.1) is 11.5 Å². The molecule has 0 amide bonds. The highest BCUT2D eigenvalue weighted by molar-refractivity contribution is 7.89. The molecule has 0 aromatic heterocycles. The fourth-order valence-corrected chi connectivity index (χ4v) is 2.86. The van der Waals surface area contributed by atoms with E-state index in [1.807, 2.05) is 14.0 Å². The van der Waals surface area contributed by atoms with Crippen LogP contribution < -0.4 is 5.32 Å². The molecule has 0 spiro atoms. The third-order valence-electron chi connectivity index (χ3n) is 3.18. The van der Waals surface area contributed by atoms with Crippen molar-refractivity contribution in [1.82, 2.24) is 9.62 Å². The second-order valence-corrected chi connectivity index (χ2v) is 6.69. The van der Waals surface area contributed by atoms with Crippen molar-refractivity contribution in [3.63, 3.8) is 0 Å². The standard InChI is InChI=1S/C14H22N2O4S/c1-5-20-14(17)10-16(4)21(18,19)13-8-6-12(7-9-13)11(2)15-3/h6-9,11,15H,5,10H2,1-4H3. The number of ether oxygens (including phenoxy) is 1. The Labute approximate surface area is 126 Å². The molecule has 7 heteroatoms. The second-order valence-electron chi connectivity index (χ2n) is 4.65. The molecule has 1 rings (SSSR count). The van der Waals surface area contributed by atoms with E-state index in [9.17, 15) is 13.2 Å². The molecule has 1 unspecified atom stereocenters. The van der Waals surface area contributed by atoms with Gasteiger partial charge in [-0.15, -0.1) is 0 Å². The number of sulfonamides is 1. The van der Waals surface area contributed by atoms with E-state index >= 15 is 0 Å². The van der Waals surface area contributed by atoms with E-state index in [-0.39, 0.29) is 24.1 Å². The monoisotopic (exact) mass is 314 g/mol. The molecule has 1 aromatic carbocycles. The van der Waals surface area contributed by atoms with Crippen molar-refractivity contribution >= 4 is 16.0 Å². The molecule has 0 radical (unpaired) electrons. The van der Waals surface area contributed by atoms with Crippen LogP contribution in [0.25, 0.3) is 0 Å². The van der Waals surface area contributed by atoms with Crippen LogP contribution in [-0.4, -0.2) is 45.9 Å². The number of rotatable bonds is 7. The van der Waals surface area contributed by atoms with Crippen LogP contribution in [0.5, 0.6) is 0 Å². The number of carbonyl (C=O) groups is 1. The highest BCUT2D eigenvalue weighted by Gasteiger charge is 2.23. The summed E-state index contributed by atoms with van der Waals surface area (Å²) < 4.78 is 30.4. The third kappa shape index (κ3) is 4.52. The number of hydrogen-bond acceptors (Lipinski definition) is 5. The zero-order valence-electron chi connectivity index (χ0n) is 12.8. The Morgan fingerprint density at radius 2 is 1.90 bits per heavy atom. The summed E-state index contributed by atoms with van der Waals surface area (Å²) in [6.45, 7) is 3.58. The fourth-order valence-electron chi connectivity index (χ4n) is 1.75. The zero-order valence-corrected chi connectivity index (χ0v) is 13.6. The summed E-state index contributed by atoms with van der Waals surface area (Å²) in [5, 5.41) is 3.08. The number of likely N-dealkylation sites (N-methyl/N-ethyl adjacent to an activating group) is 1. The maximum absolute atomic E-state index is 12.3. The van der Waals surface area contributed by atoms with E-state index in [1.165, 1.54) is 7.05 Å². The van der Waals surface area contributed by atoms with Crippen LogP contribution in [0.2, 0.25) is 0 Å². The molecule has 0 saturated carbocycles. The average molecular weight is 314 g/mol. The summed E-state index contributed by atoms with van der Waals surface area (Å²) >= 11 is 0. The maximum Gasteiger partial charge on any atom is 0.321 e. The molecule has 0 aliphatic heterocycles. The summed E-state index contributed by atoms with van der Waals surface area (Å²) in [6.07, 6.45) is 0.